The van der Waals surface area contributed by atoms with Gasteiger partial charge in [-0.3, -0.25) is 4.79 Å². The van der Waals surface area contributed by atoms with Gasteiger partial charge in [-0.05, 0) is 25.1 Å². The van der Waals surface area contributed by atoms with Crippen LogP contribution in [0.25, 0.3) is 0 Å². The number of carbonyl (C=O) groups is 1. The summed E-state index contributed by atoms with van der Waals surface area (Å²) in [4.78, 5) is 13.1. The molecular weight excluding hydrogens is 353 g/mol. The molecule has 2 aromatic carbocycles. The van der Waals surface area contributed by atoms with E-state index < -0.39 is 11.1 Å². The van der Waals surface area contributed by atoms with E-state index in [2.05, 4.69) is 5.32 Å². The van der Waals surface area contributed by atoms with Gasteiger partial charge in [0, 0.05) is 28.8 Å². The Morgan fingerprint density at radius 1 is 1.17 bits per heavy atom. The average molecular weight is 370 g/mol. The standard InChI is InChI=1S/C17H17ClFNO3S/c1-10(24-14-4-5-16(19)15(18)9-14)17(21)20-11-6-12(22-2)8-13(7-11)23-3/h4-10H,1-3H3,(H,20,21). The molecule has 1 atom stereocenters. The third-order valence-electron chi connectivity index (χ3n) is 3.19. The van der Waals surface area contributed by atoms with Gasteiger partial charge in [0.15, 0.2) is 0 Å². The number of carbonyl (C=O) groups excluding carboxylic acids is 1. The topological polar surface area (TPSA) is 47.6 Å². The van der Waals surface area contributed by atoms with Crippen molar-refractivity contribution in [3.8, 4) is 11.5 Å². The van der Waals surface area contributed by atoms with Gasteiger partial charge in [0.05, 0.1) is 24.5 Å². The molecular formula is C17H17ClFNO3S. The van der Waals surface area contributed by atoms with Gasteiger partial charge in [0.1, 0.15) is 17.3 Å². The summed E-state index contributed by atoms with van der Waals surface area (Å²) in [5.41, 5.74) is 0.570. The summed E-state index contributed by atoms with van der Waals surface area (Å²) >= 11 is 7.04. The highest BCUT2D eigenvalue weighted by Crippen LogP contribution is 2.29. The highest BCUT2D eigenvalue weighted by molar-refractivity contribution is 8.00. The Hall–Kier alpha value is -1.92. The number of hydrogen-bond donors (Lipinski definition) is 1. The number of halogens is 2. The van der Waals surface area contributed by atoms with Crippen molar-refractivity contribution in [3.63, 3.8) is 0 Å². The van der Waals surface area contributed by atoms with Crippen molar-refractivity contribution in [2.75, 3.05) is 19.5 Å². The summed E-state index contributed by atoms with van der Waals surface area (Å²) < 4.78 is 23.5. The molecule has 0 fully saturated rings. The lowest BCUT2D eigenvalue weighted by Gasteiger charge is -2.14. The van der Waals surface area contributed by atoms with Crippen LogP contribution in [0, 0.1) is 5.82 Å². The van der Waals surface area contributed by atoms with Gasteiger partial charge in [-0.25, -0.2) is 4.39 Å². The predicted octanol–water partition coefficient (Wildman–Crippen LogP) is 4.62. The van der Waals surface area contributed by atoms with Gasteiger partial charge in [-0.15, -0.1) is 11.8 Å². The van der Waals surface area contributed by atoms with Crippen LogP contribution >= 0.6 is 23.4 Å². The van der Waals surface area contributed by atoms with Crippen molar-refractivity contribution in [1.29, 1.82) is 0 Å². The predicted molar refractivity (Wildman–Crippen MR) is 94.9 cm³/mol. The quantitative estimate of drug-likeness (QED) is 0.755. The average Bonchev–Trinajstić information content (AvgIpc) is 2.57. The van der Waals surface area contributed by atoms with Crippen LogP contribution in [0.4, 0.5) is 10.1 Å². The first kappa shape index (κ1) is 18.4. The monoisotopic (exact) mass is 369 g/mol. The lowest BCUT2D eigenvalue weighted by Crippen LogP contribution is -2.22. The zero-order valence-corrected chi connectivity index (χ0v) is 15.0. The zero-order chi connectivity index (χ0) is 17.7. The number of thioether (sulfide) groups is 1. The van der Waals surface area contributed by atoms with Crippen LogP contribution in [0.2, 0.25) is 5.02 Å². The summed E-state index contributed by atoms with van der Waals surface area (Å²) in [6.45, 7) is 1.76. The Labute approximate surface area is 149 Å². The third kappa shape index (κ3) is 4.79. The lowest BCUT2D eigenvalue weighted by atomic mass is 10.2. The molecule has 1 amide bonds. The number of nitrogens with one attached hydrogen (secondary N) is 1. The van der Waals surface area contributed by atoms with E-state index in [9.17, 15) is 9.18 Å². The minimum Gasteiger partial charge on any atom is -0.497 e. The molecule has 0 saturated carbocycles. The largest absolute Gasteiger partial charge is 0.497 e. The fourth-order valence-electron chi connectivity index (χ4n) is 1.93. The van der Waals surface area contributed by atoms with Gasteiger partial charge < -0.3 is 14.8 Å². The van der Waals surface area contributed by atoms with Gasteiger partial charge in [0.2, 0.25) is 5.91 Å². The summed E-state index contributed by atoms with van der Waals surface area (Å²) in [5.74, 6) is 0.475. The Morgan fingerprint density at radius 2 is 1.79 bits per heavy atom. The maximum absolute atomic E-state index is 13.2. The van der Waals surface area contributed by atoms with Crippen LogP contribution in [-0.4, -0.2) is 25.4 Å². The molecule has 4 nitrogen and oxygen atoms in total. The highest BCUT2D eigenvalue weighted by Gasteiger charge is 2.16. The molecule has 0 radical (unpaired) electrons. The number of anilines is 1. The molecule has 2 aromatic rings. The summed E-state index contributed by atoms with van der Waals surface area (Å²) in [6.07, 6.45) is 0. The van der Waals surface area contributed by atoms with Crippen molar-refractivity contribution < 1.29 is 18.7 Å². The summed E-state index contributed by atoms with van der Waals surface area (Å²) in [5, 5.41) is 2.44. The van der Waals surface area contributed by atoms with E-state index >= 15 is 0 Å². The van der Waals surface area contributed by atoms with Gasteiger partial charge in [-0.1, -0.05) is 11.6 Å². The third-order valence-corrected chi connectivity index (χ3v) is 4.58. The van der Waals surface area contributed by atoms with Crippen LogP contribution in [-0.2, 0) is 4.79 Å². The number of rotatable bonds is 6. The summed E-state index contributed by atoms with van der Waals surface area (Å²) in [7, 11) is 3.08. The molecule has 128 valence electrons. The van der Waals surface area contributed by atoms with Crippen molar-refractivity contribution in [1.82, 2.24) is 0 Å². The molecule has 0 aromatic heterocycles. The van der Waals surface area contributed by atoms with Crippen LogP contribution in [0.3, 0.4) is 0 Å². The zero-order valence-electron chi connectivity index (χ0n) is 13.4. The maximum Gasteiger partial charge on any atom is 0.237 e. The van der Waals surface area contributed by atoms with Crippen molar-refractivity contribution in [3.05, 3.63) is 47.2 Å². The first-order valence-corrected chi connectivity index (χ1v) is 8.34. The molecule has 1 unspecified atom stereocenters. The SMILES string of the molecule is COc1cc(NC(=O)C(C)Sc2ccc(F)c(Cl)c2)cc(OC)c1. The number of ether oxygens (including phenoxy) is 2. The molecule has 7 heteroatoms. The molecule has 0 aliphatic heterocycles. The molecule has 0 bridgehead atoms. The smallest absolute Gasteiger partial charge is 0.237 e. The first-order chi connectivity index (χ1) is 11.4. The fraction of sp³-hybridized carbons (Fsp3) is 0.235. The molecule has 0 spiro atoms. The number of methoxy groups -OCH3 is 2. The normalized spacial score (nSPS) is 11.7. The number of benzene rings is 2. The molecule has 0 heterocycles. The summed E-state index contributed by atoms with van der Waals surface area (Å²) in [6, 6.07) is 9.49. The minimum absolute atomic E-state index is 0.0325. The molecule has 1 N–H and O–H groups in total. The minimum atomic E-state index is -0.485. The van der Waals surface area contributed by atoms with E-state index in [-0.39, 0.29) is 10.9 Å². The van der Waals surface area contributed by atoms with E-state index in [1.54, 1.807) is 31.2 Å². The van der Waals surface area contributed by atoms with Crippen LogP contribution in [0.1, 0.15) is 6.92 Å². The first-order valence-electron chi connectivity index (χ1n) is 7.08. The molecule has 24 heavy (non-hydrogen) atoms. The fourth-order valence-corrected chi connectivity index (χ4v) is 3.08. The second kappa shape index (κ2) is 8.26. The van der Waals surface area contributed by atoms with E-state index in [0.717, 1.165) is 0 Å². The van der Waals surface area contributed by atoms with Gasteiger partial charge in [0.25, 0.3) is 0 Å². The second-order valence-electron chi connectivity index (χ2n) is 4.93. The molecule has 0 aliphatic carbocycles. The number of hydrogen-bond acceptors (Lipinski definition) is 4. The van der Waals surface area contributed by atoms with Gasteiger partial charge in [-0.2, -0.15) is 0 Å². The Balaban J connectivity index is 2.07. The van der Waals surface area contributed by atoms with E-state index in [4.69, 9.17) is 21.1 Å². The molecule has 0 aliphatic rings. The van der Waals surface area contributed by atoms with Crippen molar-refractivity contribution in [2.45, 2.75) is 17.1 Å². The van der Waals surface area contributed by atoms with Crippen molar-refractivity contribution in [2.24, 2.45) is 0 Å². The van der Waals surface area contributed by atoms with Crippen LogP contribution in [0.5, 0.6) is 11.5 Å². The Kier molecular flexibility index (Phi) is 6.34. The van der Waals surface area contributed by atoms with Crippen molar-refractivity contribution >= 4 is 35.0 Å². The number of amides is 1. The lowest BCUT2D eigenvalue weighted by molar-refractivity contribution is -0.115. The highest BCUT2D eigenvalue weighted by atomic mass is 35.5. The Morgan fingerprint density at radius 3 is 2.33 bits per heavy atom. The van der Waals surface area contributed by atoms with E-state index in [1.165, 1.54) is 38.1 Å². The van der Waals surface area contributed by atoms with E-state index in [0.29, 0.717) is 22.1 Å². The van der Waals surface area contributed by atoms with E-state index in [1.807, 2.05) is 0 Å². The maximum atomic E-state index is 13.2. The second-order valence-corrected chi connectivity index (χ2v) is 6.75. The van der Waals surface area contributed by atoms with Crippen LogP contribution in [0.15, 0.2) is 41.3 Å². The van der Waals surface area contributed by atoms with Gasteiger partial charge >= 0.3 is 0 Å². The molecule has 2 rings (SSSR count). The Bertz CT molecular complexity index is 720. The molecule has 0 saturated heterocycles. The van der Waals surface area contributed by atoms with Crippen LogP contribution < -0.4 is 14.8 Å².